The molecule has 0 amide bonds. The maximum absolute atomic E-state index is 10.8. The molecule has 0 radical (unpaired) electrons. The van der Waals surface area contributed by atoms with Gasteiger partial charge < -0.3 is 19.7 Å². The second-order valence-electron chi connectivity index (χ2n) is 22.7. The van der Waals surface area contributed by atoms with Gasteiger partial charge in [0.25, 0.3) is 0 Å². The molecule has 0 aliphatic carbocycles. The molecule has 0 heterocycles. The van der Waals surface area contributed by atoms with Crippen LogP contribution < -0.4 is 9.47 Å². The highest BCUT2D eigenvalue weighted by Crippen LogP contribution is 2.48. The van der Waals surface area contributed by atoms with E-state index in [4.69, 9.17) is 9.47 Å². The van der Waals surface area contributed by atoms with Gasteiger partial charge in [0.15, 0.2) is 11.5 Å². The van der Waals surface area contributed by atoms with Crippen molar-refractivity contribution in [2.45, 2.75) is 263 Å². The van der Waals surface area contributed by atoms with Crippen LogP contribution in [0.25, 0.3) is 0 Å². The van der Waals surface area contributed by atoms with Gasteiger partial charge >= 0.3 is 0 Å². The number of hydrogen-bond donors (Lipinski definition) is 2. The first-order valence-electron chi connectivity index (χ1n) is 27.3. The second-order valence-corrected chi connectivity index (χ2v) is 22.7. The summed E-state index contributed by atoms with van der Waals surface area (Å²) in [5.74, 6) is 8.31. The molecule has 8 atom stereocenters. The lowest BCUT2D eigenvalue weighted by Gasteiger charge is -2.18. The zero-order valence-corrected chi connectivity index (χ0v) is 44.8. The molecule has 1 aromatic rings. The van der Waals surface area contributed by atoms with Gasteiger partial charge in [-0.1, -0.05) is 241 Å². The summed E-state index contributed by atoms with van der Waals surface area (Å²) in [7, 11) is 2.95. The Balaban J connectivity index is 2.07. The van der Waals surface area contributed by atoms with Crippen LogP contribution in [0.15, 0.2) is 11.6 Å². The van der Waals surface area contributed by atoms with Crippen molar-refractivity contribution in [1.29, 1.82) is 0 Å². The van der Waals surface area contributed by atoms with Gasteiger partial charge in [0.2, 0.25) is 11.5 Å². The lowest BCUT2D eigenvalue weighted by Crippen LogP contribution is -2.03. The molecular formula is C59H110O4. The molecule has 0 aliphatic rings. The van der Waals surface area contributed by atoms with Crippen molar-refractivity contribution < 1.29 is 19.7 Å². The lowest BCUT2D eigenvalue weighted by molar-refractivity contribution is 0.314. The summed E-state index contributed by atoms with van der Waals surface area (Å²) in [6.45, 7) is 28.6. The van der Waals surface area contributed by atoms with E-state index in [1.165, 1.54) is 187 Å². The quantitative estimate of drug-likeness (QED) is 0.0509. The molecule has 2 N–H and O–H groups in total. The number of benzene rings is 1. The highest BCUT2D eigenvalue weighted by atomic mass is 16.5. The average Bonchev–Trinajstić information content (AvgIpc) is 3.21. The molecule has 0 saturated carbocycles. The van der Waals surface area contributed by atoms with Crippen LogP contribution in [0.3, 0.4) is 0 Å². The molecule has 0 spiro atoms. The molecule has 4 heteroatoms. The fourth-order valence-corrected chi connectivity index (χ4v) is 10.3. The molecule has 0 aliphatic heterocycles. The molecule has 0 fully saturated rings. The van der Waals surface area contributed by atoms with Crippen molar-refractivity contribution >= 4 is 0 Å². The van der Waals surface area contributed by atoms with Crippen LogP contribution >= 0.6 is 0 Å². The van der Waals surface area contributed by atoms with Crippen molar-refractivity contribution in [2.24, 2.45) is 53.3 Å². The van der Waals surface area contributed by atoms with E-state index < -0.39 is 0 Å². The van der Waals surface area contributed by atoms with E-state index in [0.717, 1.165) is 59.7 Å². The van der Waals surface area contributed by atoms with Gasteiger partial charge in [0.05, 0.1) is 14.2 Å². The first-order chi connectivity index (χ1) is 30.0. The third kappa shape index (κ3) is 28.1. The number of allylic oxidation sites excluding steroid dienone is 2. The van der Waals surface area contributed by atoms with E-state index in [2.05, 4.69) is 82.2 Å². The highest BCUT2D eigenvalue weighted by molar-refractivity contribution is 5.66. The van der Waals surface area contributed by atoms with E-state index >= 15 is 0 Å². The van der Waals surface area contributed by atoms with Crippen molar-refractivity contribution in [3.63, 3.8) is 0 Å². The van der Waals surface area contributed by atoms with Crippen LogP contribution in [0.5, 0.6) is 23.0 Å². The van der Waals surface area contributed by atoms with Gasteiger partial charge in [0.1, 0.15) is 0 Å². The van der Waals surface area contributed by atoms with Crippen molar-refractivity contribution in [3.8, 4) is 23.0 Å². The van der Waals surface area contributed by atoms with Gasteiger partial charge in [0, 0.05) is 11.1 Å². The minimum atomic E-state index is 0.0292. The third-order valence-corrected chi connectivity index (χ3v) is 15.3. The molecule has 1 rings (SSSR count). The van der Waals surface area contributed by atoms with Gasteiger partial charge in [-0.15, -0.1) is 0 Å². The third-order valence-electron chi connectivity index (χ3n) is 15.3. The topological polar surface area (TPSA) is 58.9 Å². The van der Waals surface area contributed by atoms with Gasteiger partial charge in [-0.25, -0.2) is 0 Å². The highest BCUT2D eigenvalue weighted by Gasteiger charge is 2.22. The Bertz CT molecular complexity index is 1300. The van der Waals surface area contributed by atoms with E-state index in [9.17, 15) is 10.2 Å². The summed E-state index contributed by atoms with van der Waals surface area (Å²) in [5.41, 5.74) is 2.64. The largest absolute Gasteiger partial charge is 0.504 e. The monoisotopic (exact) mass is 883 g/mol. The Morgan fingerprint density at radius 3 is 0.937 bits per heavy atom. The number of ether oxygens (including phenoxy) is 2. The maximum atomic E-state index is 10.8. The number of rotatable bonds is 40. The number of methoxy groups -OCH3 is 2. The van der Waals surface area contributed by atoms with E-state index in [1.807, 2.05) is 6.92 Å². The van der Waals surface area contributed by atoms with Crippen LogP contribution in [-0.4, -0.2) is 24.4 Å². The van der Waals surface area contributed by atoms with Gasteiger partial charge in [-0.05, 0) is 86.4 Å². The zero-order valence-electron chi connectivity index (χ0n) is 44.8. The van der Waals surface area contributed by atoms with Crippen LogP contribution in [0.1, 0.15) is 261 Å². The predicted octanol–water partition coefficient (Wildman–Crippen LogP) is 19.2. The summed E-state index contributed by atoms with van der Waals surface area (Å²) in [6.07, 6.45) is 40.2. The van der Waals surface area contributed by atoms with Crippen LogP contribution in [-0.2, 0) is 6.42 Å². The summed E-state index contributed by atoms with van der Waals surface area (Å²) in [6, 6.07) is 0. The van der Waals surface area contributed by atoms with Crippen LogP contribution in [0, 0.1) is 60.2 Å². The molecule has 63 heavy (non-hydrogen) atoms. The Morgan fingerprint density at radius 1 is 0.413 bits per heavy atom. The molecular weight excluding hydrogens is 773 g/mol. The molecule has 4 nitrogen and oxygen atoms in total. The number of aromatic hydroxyl groups is 2. The van der Waals surface area contributed by atoms with E-state index in [1.54, 1.807) is 0 Å². The Morgan fingerprint density at radius 2 is 0.667 bits per heavy atom. The summed E-state index contributed by atoms with van der Waals surface area (Å²) in [5, 5.41) is 21.3. The van der Waals surface area contributed by atoms with E-state index in [0.29, 0.717) is 17.5 Å². The smallest absolute Gasteiger partial charge is 0.207 e. The Labute approximate surface area is 394 Å². The minimum Gasteiger partial charge on any atom is -0.504 e. The average molecular weight is 884 g/mol. The number of hydrogen-bond acceptors (Lipinski definition) is 4. The second kappa shape index (κ2) is 35.4. The van der Waals surface area contributed by atoms with Crippen molar-refractivity contribution in [2.75, 3.05) is 14.2 Å². The summed E-state index contributed by atoms with van der Waals surface area (Å²) < 4.78 is 10.6. The van der Waals surface area contributed by atoms with E-state index in [-0.39, 0.29) is 23.0 Å². The maximum Gasteiger partial charge on any atom is 0.207 e. The standard InChI is InChI=1S/C59H110O4/c1-44(2)24-15-25-45(3)26-16-27-46(4)28-17-29-47(5)30-18-31-48(6)32-19-33-49(7)34-20-35-50(8)36-21-37-51(9)38-22-39-52(10)40-23-41-53(11)42-43-55-54(12)56(60)58(62-13)59(63-14)57(55)61/h42,44-52,60-61H,15-41,43H2,1-14H3/b53-42+. The van der Waals surface area contributed by atoms with Crippen LogP contribution in [0.2, 0.25) is 0 Å². The minimum absolute atomic E-state index is 0.0292. The zero-order chi connectivity index (χ0) is 47.2. The fourth-order valence-electron chi connectivity index (χ4n) is 10.3. The molecule has 0 bridgehead atoms. The molecule has 0 saturated heterocycles. The predicted molar refractivity (Wildman–Crippen MR) is 278 cm³/mol. The Hall–Kier alpha value is -1.84. The summed E-state index contributed by atoms with van der Waals surface area (Å²) >= 11 is 0. The van der Waals surface area contributed by atoms with Crippen LogP contribution in [0.4, 0.5) is 0 Å². The van der Waals surface area contributed by atoms with Gasteiger partial charge in [-0.2, -0.15) is 0 Å². The molecule has 370 valence electrons. The first-order valence-corrected chi connectivity index (χ1v) is 27.3. The summed E-state index contributed by atoms with van der Waals surface area (Å²) in [4.78, 5) is 0. The number of phenolic OH excluding ortho intramolecular Hbond substituents is 2. The van der Waals surface area contributed by atoms with Crippen molar-refractivity contribution in [3.05, 3.63) is 22.8 Å². The van der Waals surface area contributed by atoms with Crippen molar-refractivity contribution in [1.82, 2.24) is 0 Å². The first kappa shape index (κ1) is 59.2. The molecule has 0 aromatic heterocycles. The number of phenols is 2. The Kier molecular flexibility index (Phi) is 33.2. The SMILES string of the molecule is COc1c(O)c(C)c(C/C=C(\C)CCCC(C)CCCC(C)CCCC(C)CCCC(C)CCCC(C)CCCC(C)CCCC(C)CCCC(C)CCCC(C)C)c(O)c1OC. The lowest BCUT2D eigenvalue weighted by atomic mass is 9.88. The fraction of sp³-hybridized carbons (Fsp3) is 0.864. The van der Waals surface area contributed by atoms with Gasteiger partial charge in [-0.3, -0.25) is 0 Å². The molecule has 8 unspecified atom stereocenters. The normalized spacial score (nSPS) is 16.1. The molecule has 1 aromatic carbocycles.